The van der Waals surface area contributed by atoms with Crippen molar-refractivity contribution in [2.75, 3.05) is 0 Å². The molecule has 1 atom stereocenters. The van der Waals surface area contributed by atoms with E-state index in [0.29, 0.717) is 16.1 Å². The van der Waals surface area contributed by atoms with E-state index in [9.17, 15) is 5.26 Å². The van der Waals surface area contributed by atoms with Crippen molar-refractivity contribution in [1.29, 1.82) is 5.26 Å². The average Bonchev–Trinajstić information content (AvgIpc) is 2.40. The fourth-order valence-corrected chi connectivity index (χ4v) is 2.84. The highest BCUT2D eigenvalue weighted by Crippen LogP contribution is 2.28. The van der Waals surface area contributed by atoms with Gasteiger partial charge < -0.3 is 0 Å². The normalized spacial score (nSPS) is 18.3. The number of nitrogens with one attached hydrogen (secondary N) is 1. The van der Waals surface area contributed by atoms with E-state index in [1.807, 2.05) is 0 Å². The summed E-state index contributed by atoms with van der Waals surface area (Å²) in [6, 6.07) is 7.57. The van der Waals surface area contributed by atoms with Crippen molar-refractivity contribution in [1.82, 2.24) is 5.32 Å². The number of hydrogen-bond donors (Lipinski definition) is 1. The number of nitriles is 1. The van der Waals surface area contributed by atoms with E-state index in [0.717, 1.165) is 18.4 Å². The van der Waals surface area contributed by atoms with E-state index in [1.54, 1.807) is 18.2 Å². The van der Waals surface area contributed by atoms with Gasteiger partial charge >= 0.3 is 0 Å². The van der Waals surface area contributed by atoms with Gasteiger partial charge in [-0.15, -0.1) is 0 Å². The molecule has 1 N–H and O–H groups in total. The molecule has 0 aliphatic heterocycles. The van der Waals surface area contributed by atoms with Crippen molar-refractivity contribution in [3.8, 4) is 6.07 Å². The molecule has 0 spiro atoms. The van der Waals surface area contributed by atoms with Crippen LogP contribution in [0.2, 0.25) is 10.0 Å². The third kappa shape index (κ3) is 3.38. The largest absolute Gasteiger partial charge is 0.295 e. The molecular formula is C14H16Cl2N2. The van der Waals surface area contributed by atoms with E-state index in [-0.39, 0.29) is 6.04 Å². The molecule has 0 heterocycles. The Bertz CT molecular complexity index is 448. The Morgan fingerprint density at radius 1 is 1.22 bits per heavy atom. The third-order valence-corrected chi connectivity index (χ3v) is 3.98. The van der Waals surface area contributed by atoms with Crippen molar-refractivity contribution < 1.29 is 0 Å². The average molecular weight is 283 g/mol. The third-order valence-electron chi connectivity index (χ3n) is 3.41. The van der Waals surface area contributed by atoms with Crippen molar-refractivity contribution in [3.05, 3.63) is 33.8 Å². The monoisotopic (exact) mass is 282 g/mol. The predicted molar refractivity (Wildman–Crippen MR) is 74.8 cm³/mol. The molecule has 2 nitrogen and oxygen atoms in total. The van der Waals surface area contributed by atoms with Crippen molar-refractivity contribution in [2.24, 2.45) is 0 Å². The molecule has 1 saturated carbocycles. The maximum atomic E-state index is 9.31. The van der Waals surface area contributed by atoms with Crippen molar-refractivity contribution >= 4 is 23.2 Å². The lowest BCUT2D eigenvalue weighted by atomic mass is 9.94. The summed E-state index contributed by atoms with van der Waals surface area (Å²) < 4.78 is 0. The summed E-state index contributed by atoms with van der Waals surface area (Å²) in [5, 5.41) is 13.9. The molecule has 18 heavy (non-hydrogen) atoms. The van der Waals surface area contributed by atoms with Crippen LogP contribution < -0.4 is 5.32 Å². The van der Waals surface area contributed by atoms with Crippen LogP contribution >= 0.6 is 23.2 Å². The minimum Gasteiger partial charge on any atom is -0.295 e. The van der Waals surface area contributed by atoms with Gasteiger partial charge in [-0.1, -0.05) is 42.5 Å². The Kier molecular flexibility index (Phi) is 4.88. The van der Waals surface area contributed by atoms with Gasteiger partial charge in [0.25, 0.3) is 0 Å². The van der Waals surface area contributed by atoms with Gasteiger partial charge in [0.1, 0.15) is 6.04 Å². The van der Waals surface area contributed by atoms with Crippen molar-refractivity contribution in [2.45, 2.75) is 44.2 Å². The Labute approximate surface area is 118 Å². The maximum Gasteiger partial charge on any atom is 0.123 e. The molecule has 0 saturated heterocycles. The van der Waals surface area contributed by atoms with Crippen LogP contribution in [0.4, 0.5) is 0 Å². The topological polar surface area (TPSA) is 35.8 Å². The zero-order valence-electron chi connectivity index (χ0n) is 10.1. The molecule has 1 fully saturated rings. The van der Waals surface area contributed by atoms with Gasteiger partial charge in [0.2, 0.25) is 0 Å². The summed E-state index contributed by atoms with van der Waals surface area (Å²) in [5.74, 6) is 0. The number of benzene rings is 1. The summed E-state index contributed by atoms with van der Waals surface area (Å²) in [6.07, 6.45) is 6.04. The molecule has 2 rings (SSSR count). The van der Waals surface area contributed by atoms with Crippen LogP contribution in [0.25, 0.3) is 0 Å². The van der Waals surface area contributed by atoms with E-state index in [4.69, 9.17) is 23.2 Å². The zero-order chi connectivity index (χ0) is 13.0. The molecule has 1 aliphatic carbocycles. The van der Waals surface area contributed by atoms with Crippen LogP contribution in [-0.2, 0) is 0 Å². The molecule has 1 aromatic rings. The minimum absolute atomic E-state index is 0.376. The molecule has 96 valence electrons. The van der Waals surface area contributed by atoms with Crippen LogP contribution in [0, 0.1) is 11.3 Å². The predicted octanol–water partition coefficient (Wildman–Crippen LogP) is 4.48. The van der Waals surface area contributed by atoms with E-state index in [2.05, 4.69) is 11.4 Å². The zero-order valence-corrected chi connectivity index (χ0v) is 11.6. The summed E-state index contributed by atoms with van der Waals surface area (Å²) >= 11 is 12.1. The molecule has 0 aromatic heterocycles. The van der Waals surface area contributed by atoms with Crippen LogP contribution in [0.5, 0.6) is 0 Å². The van der Waals surface area contributed by atoms with Gasteiger partial charge in [0.15, 0.2) is 0 Å². The Morgan fingerprint density at radius 2 is 1.94 bits per heavy atom. The highest BCUT2D eigenvalue weighted by atomic mass is 35.5. The standard InChI is InChI=1S/C14H16Cl2N2/c15-10-6-7-13(16)12(8-10)14(9-17)18-11-4-2-1-3-5-11/h6-8,11,14,18H,1-5H2. The van der Waals surface area contributed by atoms with Crippen LogP contribution in [0.15, 0.2) is 18.2 Å². The molecule has 1 aromatic carbocycles. The van der Waals surface area contributed by atoms with Crippen LogP contribution in [0.3, 0.4) is 0 Å². The number of nitrogens with zero attached hydrogens (tertiary/aromatic N) is 1. The molecule has 0 amide bonds. The summed E-state index contributed by atoms with van der Waals surface area (Å²) in [6.45, 7) is 0. The lowest BCUT2D eigenvalue weighted by molar-refractivity contribution is 0.360. The number of halogens is 2. The first-order valence-electron chi connectivity index (χ1n) is 6.31. The van der Waals surface area contributed by atoms with Crippen LogP contribution in [0.1, 0.15) is 43.7 Å². The summed E-state index contributed by atoms with van der Waals surface area (Å²) in [4.78, 5) is 0. The highest BCUT2D eigenvalue weighted by Gasteiger charge is 2.20. The van der Waals surface area contributed by atoms with Crippen molar-refractivity contribution in [3.63, 3.8) is 0 Å². The van der Waals surface area contributed by atoms with E-state index < -0.39 is 0 Å². The Balaban J connectivity index is 2.12. The van der Waals surface area contributed by atoms with Gasteiger partial charge in [-0.3, -0.25) is 5.32 Å². The fraction of sp³-hybridized carbons (Fsp3) is 0.500. The summed E-state index contributed by atoms with van der Waals surface area (Å²) in [5.41, 5.74) is 0.775. The minimum atomic E-state index is -0.376. The smallest absolute Gasteiger partial charge is 0.123 e. The summed E-state index contributed by atoms with van der Waals surface area (Å²) in [7, 11) is 0. The first-order chi connectivity index (χ1) is 8.70. The van der Waals surface area contributed by atoms with Gasteiger partial charge in [0, 0.05) is 21.7 Å². The molecule has 1 unspecified atom stereocenters. The number of hydrogen-bond acceptors (Lipinski definition) is 2. The molecule has 0 radical (unpaired) electrons. The second kappa shape index (κ2) is 6.43. The number of rotatable bonds is 3. The molecular weight excluding hydrogens is 267 g/mol. The van der Waals surface area contributed by atoms with E-state index >= 15 is 0 Å². The lowest BCUT2D eigenvalue weighted by Gasteiger charge is -2.26. The molecule has 1 aliphatic rings. The molecule has 4 heteroatoms. The quantitative estimate of drug-likeness (QED) is 0.887. The first-order valence-corrected chi connectivity index (χ1v) is 7.07. The van der Waals surface area contributed by atoms with Gasteiger partial charge in [-0.2, -0.15) is 5.26 Å². The molecule has 0 bridgehead atoms. The van der Waals surface area contributed by atoms with Crippen LogP contribution in [-0.4, -0.2) is 6.04 Å². The fourth-order valence-electron chi connectivity index (χ4n) is 2.44. The van der Waals surface area contributed by atoms with E-state index in [1.165, 1.54) is 19.3 Å². The van der Waals surface area contributed by atoms with Gasteiger partial charge in [-0.05, 0) is 31.0 Å². The van der Waals surface area contributed by atoms with Gasteiger partial charge in [-0.25, -0.2) is 0 Å². The maximum absolute atomic E-state index is 9.31. The Morgan fingerprint density at radius 3 is 2.61 bits per heavy atom. The first kappa shape index (κ1) is 13.7. The Hall–Kier alpha value is -0.750. The second-order valence-electron chi connectivity index (χ2n) is 4.73. The SMILES string of the molecule is N#CC(NC1CCCCC1)c1cc(Cl)ccc1Cl. The van der Waals surface area contributed by atoms with Gasteiger partial charge in [0.05, 0.1) is 6.07 Å². The highest BCUT2D eigenvalue weighted by molar-refractivity contribution is 6.33. The lowest BCUT2D eigenvalue weighted by Crippen LogP contribution is -2.34. The second-order valence-corrected chi connectivity index (χ2v) is 5.57.